The minimum absolute atomic E-state index is 0.0751. The van der Waals surface area contributed by atoms with Gasteiger partial charge in [0.25, 0.3) is 21.6 Å². The lowest BCUT2D eigenvalue weighted by molar-refractivity contribution is -0.384. The number of sulfonamides is 1. The topological polar surface area (TPSA) is 128 Å². The first kappa shape index (κ1) is 22.1. The zero-order chi connectivity index (χ0) is 22.9. The van der Waals surface area contributed by atoms with E-state index in [1.165, 1.54) is 39.3 Å². The number of rotatable bonds is 6. The Kier molecular flexibility index (Phi) is 5.89. The maximum atomic E-state index is 13.3. The first-order valence-electron chi connectivity index (χ1n) is 9.21. The minimum Gasteiger partial charge on any atom is -0.493 e. The number of amides is 1. The number of hydrogen-bond acceptors (Lipinski definition) is 7. The summed E-state index contributed by atoms with van der Waals surface area (Å²) in [5, 5.41) is 13.4. The predicted octanol–water partition coefficient (Wildman–Crippen LogP) is 3.15. The molecule has 0 unspecified atom stereocenters. The van der Waals surface area contributed by atoms with E-state index in [-0.39, 0.29) is 23.5 Å². The molecule has 1 aliphatic heterocycles. The van der Waals surface area contributed by atoms with E-state index in [4.69, 9.17) is 9.47 Å². The van der Waals surface area contributed by atoms with Crippen LogP contribution in [0.4, 0.5) is 17.1 Å². The van der Waals surface area contributed by atoms with Crippen LogP contribution in [0.25, 0.3) is 5.57 Å². The van der Waals surface area contributed by atoms with Crippen molar-refractivity contribution < 1.29 is 27.6 Å². The lowest BCUT2D eigenvalue weighted by Crippen LogP contribution is -2.39. The number of nitro benzene ring substituents is 1. The zero-order valence-electron chi connectivity index (χ0n) is 17.3. The third-order valence-electron chi connectivity index (χ3n) is 4.87. The van der Waals surface area contributed by atoms with Crippen LogP contribution >= 0.6 is 0 Å². The number of methoxy groups -OCH3 is 2. The van der Waals surface area contributed by atoms with Crippen LogP contribution in [0.15, 0.2) is 41.3 Å². The van der Waals surface area contributed by atoms with Crippen molar-refractivity contribution in [1.82, 2.24) is 0 Å². The summed E-state index contributed by atoms with van der Waals surface area (Å²) in [6, 6.07) is 8.43. The number of fused-ring (bicyclic) bond motifs is 1. The highest BCUT2D eigenvalue weighted by Crippen LogP contribution is 2.45. The summed E-state index contributed by atoms with van der Waals surface area (Å²) in [7, 11) is -1.30. The van der Waals surface area contributed by atoms with Gasteiger partial charge in [-0.3, -0.25) is 19.2 Å². The van der Waals surface area contributed by atoms with E-state index in [2.05, 4.69) is 5.32 Å². The number of allylic oxidation sites excluding steroid dienone is 1. The number of nitrogens with one attached hydrogen (secondary N) is 1. The zero-order valence-corrected chi connectivity index (χ0v) is 18.1. The number of hydrogen-bond donors (Lipinski definition) is 1. The van der Waals surface area contributed by atoms with E-state index < -0.39 is 25.8 Å². The molecular formula is C20H21N3O7S. The van der Waals surface area contributed by atoms with Gasteiger partial charge in [-0.25, -0.2) is 8.42 Å². The molecule has 0 fully saturated rings. The van der Waals surface area contributed by atoms with Gasteiger partial charge in [0.15, 0.2) is 16.4 Å². The number of nitro groups is 1. The monoisotopic (exact) mass is 447 g/mol. The number of carbonyl (C=O) groups is 1. The van der Waals surface area contributed by atoms with Gasteiger partial charge in [-0.2, -0.15) is 0 Å². The lowest BCUT2D eigenvalue weighted by Gasteiger charge is -2.32. The normalized spacial score (nSPS) is 14.6. The summed E-state index contributed by atoms with van der Waals surface area (Å²) in [6.45, 7) is 3.25. The van der Waals surface area contributed by atoms with Crippen molar-refractivity contribution >= 4 is 38.6 Å². The van der Waals surface area contributed by atoms with E-state index in [0.29, 0.717) is 22.7 Å². The second-order valence-corrected chi connectivity index (χ2v) is 8.41. The van der Waals surface area contributed by atoms with Gasteiger partial charge in [0.05, 0.1) is 24.8 Å². The molecule has 2 aromatic rings. The lowest BCUT2D eigenvalue weighted by atomic mass is 10.0. The van der Waals surface area contributed by atoms with Crippen molar-refractivity contribution in [3.8, 4) is 11.5 Å². The first-order chi connectivity index (χ1) is 14.6. The summed E-state index contributed by atoms with van der Waals surface area (Å²) >= 11 is 0. The van der Waals surface area contributed by atoms with E-state index in [0.717, 1.165) is 10.4 Å². The smallest absolute Gasteiger partial charge is 0.271 e. The predicted molar refractivity (Wildman–Crippen MR) is 116 cm³/mol. The highest BCUT2D eigenvalue weighted by molar-refractivity contribution is 7.97. The van der Waals surface area contributed by atoms with Crippen LogP contribution in [-0.4, -0.2) is 40.0 Å². The summed E-state index contributed by atoms with van der Waals surface area (Å²) in [4.78, 5) is 23.0. The highest BCUT2D eigenvalue weighted by atomic mass is 32.2. The Bertz CT molecular complexity index is 1210. The summed E-state index contributed by atoms with van der Waals surface area (Å²) in [5.74, 6) is -0.154. The van der Waals surface area contributed by atoms with E-state index in [1.807, 2.05) is 0 Å². The Labute approximate surface area is 179 Å². The summed E-state index contributed by atoms with van der Waals surface area (Å²) < 4.78 is 38.3. The maximum Gasteiger partial charge on any atom is 0.271 e. The standard InChI is InChI=1S/C20H21N3O7S/c1-5-22-16-11-18(30-4)17(29-3)10-15(16)12(2)19(31(22,27)28)20(24)21-13-7-6-8-14(9-13)23(25)26/h6-11H,5H2,1-4H3,(H,21,24). The van der Waals surface area contributed by atoms with Crippen LogP contribution in [0.5, 0.6) is 11.5 Å². The summed E-state index contributed by atoms with van der Waals surface area (Å²) in [6.07, 6.45) is 0. The maximum absolute atomic E-state index is 13.3. The first-order valence-corrected chi connectivity index (χ1v) is 10.7. The van der Waals surface area contributed by atoms with Gasteiger partial charge in [-0.05, 0) is 31.6 Å². The Morgan fingerprint density at radius 1 is 1.16 bits per heavy atom. The van der Waals surface area contributed by atoms with E-state index in [9.17, 15) is 23.3 Å². The number of carbonyl (C=O) groups excluding carboxylic acids is 1. The summed E-state index contributed by atoms with van der Waals surface area (Å²) in [5.41, 5.74) is 0.967. The molecule has 31 heavy (non-hydrogen) atoms. The Morgan fingerprint density at radius 3 is 2.39 bits per heavy atom. The van der Waals surface area contributed by atoms with Crippen LogP contribution in [-0.2, 0) is 14.8 Å². The molecule has 11 heteroatoms. The fourth-order valence-corrected chi connectivity index (χ4v) is 5.20. The van der Waals surface area contributed by atoms with Crippen molar-refractivity contribution in [1.29, 1.82) is 0 Å². The molecule has 0 spiro atoms. The van der Waals surface area contributed by atoms with Crippen molar-refractivity contribution in [3.63, 3.8) is 0 Å². The number of non-ortho nitro benzene ring substituents is 1. The van der Waals surface area contributed by atoms with Gasteiger partial charge in [-0.15, -0.1) is 0 Å². The third-order valence-corrected chi connectivity index (χ3v) is 6.91. The van der Waals surface area contributed by atoms with Gasteiger partial charge >= 0.3 is 0 Å². The van der Waals surface area contributed by atoms with E-state index >= 15 is 0 Å². The molecule has 0 bridgehead atoms. The highest BCUT2D eigenvalue weighted by Gasteiger charge is 2.39. The largest absolute Gasteiger partial charge is 0.493 e. The molecule has 0 atom stereocenters. The molecule has 0 saturated heterocycles. The van der Waals surface area contributed by atoms with Crippen molar-refractivity contribution in [2.24, 2.45) is 0 Å². The third kappa shape index (κ3) is 3.79. The second-order valence-electron chi connectivity index (χ2n) is 6.61. The SMILES string of the molecule is CCN1c2cc(OC)c(OC)cc2C(C)=C(C(=O)Nc2cccc([N+](=O)[O-])c2)S1(=O)=O. The fraction of sp³-hybridized carbons (Fsp3) is 0.250. The van der Waals surface area contributed by atoms with Crippen LogP contribution < -0.4 is 19.1 Å². The van der Waals surface area contributed by atoms with Crippen molar-refractivity contribution in [2.75, 3.05) is 30.4 Å². The Balaban J connectivity index is 2.15. The molecule has 3 rings (SSSR count). The number of nitrogens with zero attached hydrogens (tertiary/aromatic N) is 2. The number of anilines is 2. The van der Waals surface area contributed by atoms with Gasteiger partial charge in [0, 0.05) is 36.0 Å². The average molecular weight is 447 g/mol. The van der Waals surface area contributed by atoms with Gasteiger partial charge < -0.3 is 14.8 Å². The molecular weight excluding hydrogens is 426 g/mol. The molecule has 1 heterocycles. The second kappa shape index (κ2) is 8.26. The molecule has 2 aromatic carbocycles. The van der Waals surface area contributed by atoms with Crippen LogP contribution in [0.2, 0.25) is 0 Å². The van der Waals surface area contributed by atoms with Crippen LogP contribution in [0, 0.1) is 10.1 Å². The van der Waals surface area contributed by atoms with E-state index in [1.54, 1.807) is 19.1 Å². The van der Waals surface area contributed by atoms with Crippen molar-refractivity contribution in [2.45, 2.75) is 13.8 Å². The van der Waals surface area contributed by atoms with Gasteiger partial charge in [0.1, 0.15) is 0 Å². The molecule has 164 valence electrons. The molecule has 0 aromatic heterocycles. The van der Waals surface area contributed by atoms with Crippen LogP contribution in [0.1, 0.15) is 19.4 Å². The van der Waals surface area contributed by atoms with Gasteiger partial charge in [0.2, 0.25) is 0 Å². The fourth-order valence-electron chi connectivity index (χ4n) is 3.44. The molecule has 1 aliphatic rings. The molecule has 1 amide bonds. The molecule has 1 N–H and O–H groups in total. The quantitative estimate of drug-likeness (QED) is 0.532. The Morgan fingerprint density at radius 2 is 1.81 bits per heavy atom. The minimum atomic E-state index is -4.20. The molecule has 0 saturated carbocycles. The van der Waals surface area contributed by atoms with Crippen molar-refractivity contribution in [3.05, 3.63) is 57.0 Å². The Hall–Kier alpha value is -3.60. The molecule has 10 nitrogen and oxygen atoms in total. The number of benzene rings is 2. The van der Waals surface area contributed by atoms with Gasteiger partial charge in [-0.1, -0.05) is 6.07 Å². The number of ether oxygens (including phenoxy) is 2. The molecule has 0 aliphatic carbocycles. The average Bonchev–Trinajstić information content (AvgIpc) is 2.72. The molecule has 0 radical (unpaired) electrons. The van der Waals surface area contributed by atoms with Crippen LogP contribution in [0.3, 0.4) is 0 Å².